The molecular weight excluding hydrogens is 613 g/mol. The Balaban J connectivity index is 1.30. The highest BCUT2D eigenvalue weighted by Crippen LogP contribution is 2.42. The highest BCUT2D eigenvalue weighted by Gasteiger charge is 2.21. The average molecular weight is 639 g/mol. The number of hydrogen-bond acceptors (Lipinski definition) is 4. The van der Waals surface area contributed by atoms with E-state index >= 15 is 0 Å². The molecule has 0 fully saturated rings. The summed E-state index contributed by atoms with van der Waals surface area (Å²) in [5.41, 5.74) is 7.80. The van der Waals surface area contributed by atoms with Crippen molar-refractivity contribution in [1.82, 2.24) is 24.1 Å². The molecule has 0 atom stereocenters. The summed E-state index contributed by atoms with van der Waals surface area (Å²) in [6.07, 6.45) is 0. The molecule has 0 aliphatic rings. The fraction of sp³-hybridized carbons (Fsp3) is 0. The Hall–Kier alpha value is -7.10. The molecule has 0 unspecified atom stereocenters. The molecule has 3 heterocycles. The van der Waals surface area contributed by atoms with E-state index in [0.29, 0.717) is 23.2 Å². The van der Waals surface area contributed by atoms with Crippen molar-refractivity contribution in [2.75, 3.05) is 0 Å². The van der Waals surface area contributed by atoms with E-state index in [0.717, 1.165) is 44.0 Å². The van der Waals surface area contributed by atoms with Gasteiger partial charge in [-0.25, -0.2) is 4.98 Å². The highest BCUT2D eigenvalue weighted by atomic mass is 15.2. The van der Waals surface area contributed by atoms with Gasteiger partial charge < -0.3 is 4.57 Å². The lowest BCUT2D eigenvalue weighted by Gasteiger charge is -2.12. The van der Waals surface area contributed by atoms with E-state index in [2.05, 4.69) is 118 Å². The Morgan fingerprint density at radius 2 is 0.980 bits per heavy atom. The summed E-state index contributed by atoms with van der Waals surface area (Å²) < 4.78 is 4.54. The number of hydrogen-bond donors (Lipinski definition) is 0. The van der Waals surface area contributed by atoms with Crippen LogP contribution in [0.25, 0.3) is 88.8 Å². The van der Waals surface area contributed by atoms with Crippen molar-refractivity contribution in [3.05, 3.63) is 163 Å². The van der Waals surface area contributed by atoms with Crippen LogP contribution in [-0.4, -0.2) is 24.1 Å². The van der Waals surface area contributed by atoms with E-state index in [9.17, 15) is 5.26 Å². The molecule has 50 heavy (non-hydrogen) atoms. The van der Waals surface area contributed by atoms with Gasteiger partial charge in [0.1, 0.15) is 0 Å². The van der Waals surface area contributed by atoms with Crippen molar-refractivity contribution in [3.63, 3.8) is 0 Å². The van der Waals surface area contributed by atoms with Crippen LogP contribution >= 0.6 is 0 Å². The number of benzene rings is 7. The van der Waals surface area contributed by atoms with Crippen LogP contribution in [0.4, 0.5) is 0 Å². The van der Waals surface area contributed by atoms with E-state index in [-0.39, 0.29) is 0 Å². The van der Waals surface area contributed by atoms with Crippen LogP contribution in [0.3, 0.4) is 0 Å². The van der Waals surface area contributed by atoms with Gasteiger partial charge in [-0.3, -0.25) is 4.57 Å². The number of nitrogens with zero attached hydrogens (tertiary/aromatic N) is 6. The Bertz CT molecular complexity index is 2970. The maximum absolute atomic E-state index is 9.41. The highest BCUT2D eigenvalue weighted by molar-refractivity contribution is 6.27. The minimum Gasteiger partial charge on any atom is -0.309 e. The second kappa shape index (κ2) is 11.0. The summed E-state index contributed by atoms with van der Waals surface area (Å²) in [7, 11) is 0. The number of nitriles is 1. The van der Waals surface area contributed by atoms with Crippen LogP contribution in [0.1, 0.15) is 5.56 Å². The van der Waals surface area contributed by atoms with Crippen LogP contribution in [0, 0.1) is 11.3 Å². The van der Waals surface area contributed by atoms with Gasteiger partial charge in [0, 0.05) is 43.7 Å². The average Bonchev–Trinajstić information content (AvgIpc) is 3.72. The van der Waals surface area contributed by atoms with Gasteiger partial charge in [-0.05, 0) is 60.0 Å². The lowest BCUT2D eigenvalue weighted by Crippen LogP contribution is -2.06. The van der Waals surface area contributed by atoms with Gasteiger partial charge in [0.2, 0.25) is 5.95 Å². The number of fused-ring (bicyclic) bond motifs is 9. The van der Waals surface area contributed by atoms with Gasteiger partial charge in [0.25, 0.3) is 0 Å². The summed E-state index contributed by atoms with van der Waals surface area (Å²) in [6.45, 7) is 0. The van der Waals surface area contributed by atoms with E-state index in [1.807, 2.05) is 42.5 Å². The predicted molar refractivity (Wildman–Crippen MR) is 202 cm³/mol. The van der Waals surface area contributed by atoms with Gasteiger partial charge in [-0.15, -0.1) is 0 Å². The molecule has 3 aromatic heterocycles. The fourth-order valence-electron chi connectivity index (χ4n) is 7.40. The zero-order chi connectivity index (χ0) is 33.2. The van der Waals surface area contributed by atoms with E-state index in [1.165, 1.54) is 27.2 Å². The van der Waals surface area contributed by atoms with Crippen molar-refractivity contribution in [1.29, 1.82) is 5.26 Å². The summed E-state index contributed by atoms with van der Waals surface area (Å²) in [6, 6.07) is 56.3. The molecule has 0 bridgehead atoms. The zero-order valence-corrected chi connectivity index (χ0v) is 26.7. The van der Waals surface area contributed by atoms with Gasteiger partial charge in [-0.2, -0.15) is 15.2 Å². The zero-order valence-electron chi connectivity index (χ0n) is 26.7. The first-order valence-electron chi connectivity index (χ1n) is 16.5. The molecule has 10 rings (SSSR count). The van der Waals surface area contributed by atoms with Crippen molar-refractivity contribution in [2.24, 2.45) is 0 Å². The second-order valence-corrected chi connectivity index (χ2v) is 12.4. The van der Waals surface area contributed by atoms with E-state index in [4.69, 9.17) is 15.0 Å². The third-order valence-corrected chi connectivity index (χ3v) is 9.61. The van der Waals surface area contributed by atoms with Crippen LogP contribution in [0.15, 0.2) is 158 Å². The molecule has 0 saturated carbocycles. The monoisotopic (exact) mass is 638 g/mol. The van der Waals surface area contributed by atoms with Crippen LogP contribution in [0.5, 0.6) is 0 Å². The second-order valence-electron chi connectivity index (χ2n) is 12.4. The summed E-state index contributed by atoms with van der Waals surface area (Å²) >= 11 is 0. The van der Waals surface area contributed by atoms with Crippen molar-refractivity contribution in [2.45, 2.75) is 0 Å². The van der Waals surface area contributed by atoms with E-state index < -0.39 is 0 Å². The molecular formula is C44H26N6. The van der Waals surface area contributed by atoms with Crippen LogP contribution in [0.2, 0.25) is 0 Å². The minimum atomic E-state index is 0.531. The van der Waals surface area contributed by atoms with Gasteiger partial charge in [0.05, 0.1) is 33.7 Å². The maximum atomic E-state index is 9.41. The predicted octanol–water partition coefficient (Wildman–Crippen LogP) is 10.4. The Kier molecular flexibility index (Phi) is 6.14. The molecule has 0 spiro atoms. The maximum Gasteiger partial charge on any atom is 0.238 e. The lowest BCUT2D eigenvalue weighted by atomic mass is 10.0. The molecule has 0 saturated heterocycles. The lowest BCUT2D eigenvalue weighted by molar-refractivity contribution is 0.953. The first-order chi connectivity index (χ1) is 24.8. The molecule has 0 amide bonds. The molecule has 0 radical (unpaired) electrons. The first kappa shape index (κ1) is 28.0. The third kappa shape index (κ3) is 4.17. The van der Waals surface area contributed by atoms with Gasteiger partial charge in [-0.1, -0.05) is 103 Å². The summed E-state index contributed by atoms with van der Waals surface area (Å²) in [5.74, 6) is 1.65. The molecule has 6 nitrogen and oxygen atoms in total. The SMILES string of the molecule is N#Cc1ccc(-c2nc(-c3ccccc3)nc(-n3c4ccccc4c4c5ccc6c7ccccc7n(-c7ccccc7)c6c5ccc43)n2)cc1. The third-order valence-electron chi connectivity index (χ3n) is 9.61. The number of rotatable bonds is 4. The molecule has 10 aromatic rings. The Labute approximate surface area is 286 Å². The number of aromatic nitrogens is 5. The summed E-state index contributed by atoms with van der Waals surface area (Å²) in [4.78, 5) is 15.1. The van der Waals surface area contributed by atoms with Crippen molar-refractivity contribution < 1.29 is 0 Å². The van der Waals surface area contributed by atoms with Gasteiger partial charge >= 0.3 is 0 Å². The van der Waals surface area contributed by atoms with Crippen LogP contribution < -0.4 is 0 Å². The largest absolute Gasteiger partial charge is 0.309 e. The molecule has 0 N–H and O–H groups in total. The fourth-order valence-corrected chi connectivity index (χ4v) is 7.40. The Morgan fingerprint density at radius 1 is 0.420 bits per heavy atom. The number of para-hydroxylation sites is 3. The first-order valence-corrected chi connectivity index (χ1v) is 16.5. The van der Waals surface area contributed by atoms with Crippen LogP contribution in [-0.2, 0) is 0 Å². The molecule has 232 valence electrons. The van der Waals surface area contributed by atoms with Gasteiger partial charge in [0.15, 0.2) is 11.6 Å². The smallest absolute Gasteiger partial charge is 0.238 e. The quantitative estimate of drug-likeness (QED) is 0.192. The van der Waals surface area contributed by atoms with E-state index in [1.54, 1.807) is 12.1 Å². The topological polar surface area (TPSA) is 72.3 Å². The van der Waals surface area contributed by atoms with Crippen molar-refractivity contribution in [3.8, 4) is 40.5 Å². The standard InChI is InChI=1S/C44H26N6/c45-27-28-19-21-30(22-20-28)43-46-42(29-11-3-1-4-12-29)47-44(48-43)50-38-18-10-8-16-36(38)40-33-23-24-34-32-15-7-9-17-37(32)49(31-13-5-2-6-14-31)41(34)35(33)25-26-39(40)50/h1-26H. The normalized spacial score (nSPS) is 11.6. The molecule has 0 aliphatic heterocycles. The minimum absolute atomic E-state index is 0.531. The molecule has 0 aliphatic carbocycles. The Morgan fingerprint density at radius 3 is 1.70 bits per heavy atom. The summed E-state index contributed by atoms with van der Waals surface area (Å²) in [5, 5.41) is 16.5. The molecule has 7 aromatic carbocycles. The van der Waals surface area contributed by atoms with Crippen molar-refractivity contribution >= 4 is 54.4 Å². The molecule has 6 heteroatoms.